The molecule has 0 unspecified atom stereocenters. The van der Waals surface area contributed by atoms with Crippen LogP contribution in [-0.2, 0) is 14.1 Å². The molecule has 2 aromatic heterocycles. The van der Waals surface area contributed by atoms with Gasteiger partial charge in [0.05, 0.1) is 10.2 Å². The van der Waals surface area contributed by atoms with Gasteiger partial charge >= 0.3 is 0 Å². The number of benzene rings is 2. The van der Waals surface area contributed by atoms with E-state index in [0.717, 1.165) is 10.2 Å². The van der Waals surface area contributed by atoms with E-state index in [1.165, 1.54) is 22.1 Å². The van der Waals surface area contributed by atoms with Crippen LogP contribution in [0.1, 0.15) is 10.5 Å². The van der Waals surface area contributed by atoms with Crippen molar-refractivity contribution in [2.75, 3.05) is 0 Å². The highest BCUT2D eigenvalue weighted by Crippen LogP contribution is 2.27. The van der Waals surface area contributed by atoms with Crippen LogP contribution in [0.5, 0.6) is 0 Å². The number of amides is 1. The normalized spacial score (nSPS) is 12.3. The second-order valence-corrected chi connectivity index (χ2v) is 6.35. The molecule has 6 heteroatoms. The third kappa shape index (κ3) is 2.27. The van der Waals surface area contributed by atoms with Gasteiger partial charge in [-0.05, 0) is 17.5 Å². The Morgan fingerprint density at radius 1 is 1.13 bits per heavy atom. The molecular formula is C17H14N4OS. The third-order valence-corrected chi connectivity index (χ3v) is 5.01. The molecule has 4 rings (SSSR count). The number of aromatic nitrogens is 3. The van der Waals surface area contributed by atoms with E-state index in [4.69, 9.17) is 0 Å². The summed E-state index contributed by atoms with van der Waals surface area (Å²) in [7, 11) is 3.71. The smallest absolute Gasteiger partial charge is 0.300 e. The Balaban J connectivity index is 1.94. The number of carbonyl (C=O) groups excluding carboxylic acids is 1. The molecule has 23 heavy (non-hydrogen) atoms. The van der Waals surface area contributed by atoms with Crippen molar-refractivity contribution in [3.8, 4) is 0 Å². The van der Waals surface area contributed by atoms with E-state index in [0.29, 0.717) is 10.5 Å². The van der Waals surface area contributed by atoms with Crippen molar-refractivity contribution in [1.82, 2.24) is 14.3 Å². The van der Waals surface area contributed by atoms with E-state index in [1.54, 1.807) is 24.0 Å². The molecule has 0 N–H and O–H groups in total. The van der Waals surface area contributed by atoms with Gasteiger partial charge in [0.25, 0.3) is 5.91 Å². The first-order valence-electron chi connectivity index (χ1n) is 7.19. The molecule has 2 aromatic carbocycles. The topological polar surface area (TPSA) is 52.2 Å². The molecule has 1 amide bonds. The minimum Gasteiger partial charge on any atom is -0.319 e. The second-order valence-electron chi connectivity index (χ2n) is 5.37. The van der Waals surface area contributed by atoms with Gasteiger partial charge in [-0.3, -0.25) is 9.48 Å². The number of hydrogen-bond donors (Lipinski definition) is 0. The van der Waals surface area contributed by atoms with E-state index in [-0.39, 0.29) is 5.91 Å². The number of aryl methyl sites for hydroxylation is 2. The minimum atomic E-state index is -0.322. The van der Waals surface area contributed by atoms with Gasteiger partial charge in [0.15, 0.2) is 10.5 Å². The molecular weight excluding hydrogens is 308 g/mol. The number of carbonyl (C=O) groups is 1. The van der Waals surface area contributed by atoms with Crippen LogP contribution in [0.2, 0.25) is 0 Å². The lowest BCUT2D eigenvalue weighted by Crippen LogP contribution is -2.13. The predicted molar refractivity (Wildman–Crippen MR) is 91.4 cm³/mol. The van der Waals surface area contributed by atoms with Crippen LogP contribution in [0.3, 0.4) is 0 Å². The van der Waals surface area contributed by atoms with Crippen molar-refractivity contribution >= 4 is 38.2 Å². The van der Waals surface area contributed by atoms with E-state index in [2.05, 4.69) is 34.4 Å². The van der Waals surface area contributed by atoms with Gasteiger partial charge < -0.3 is 4.57 Å². The summed E-state index contributed by atoms with van der Waals surface area (Å²) in [5, 5.41) is 6.47. The van der Waals surface area contributed by atoms with E-state index >= 15 is 0 Å². The number of fused-ring (bicyclic) bond motifs is 3. The molecule has 0 aliphatic heterocycles. The van der Waals surface area contributed by atoms with Crippen molar-refractivity contribution in [2.24, 2.45) is 19.1 Å². The molecule has 0 atom stereocenters. The monoisotopic (exact) mass is 322 g/mol. The Labute approximate surface area is 136 Å². The summed E-state index contributed by atoms with van der Waals surface area (Å²) >= 11 is 1.52. The van der Waals surface area contributed by atoms with Gasteiger partial charge in [-0.25, -0.2) is 0 Å². The van der Waals surface area contributed by atoms with Crippen LogP contribution >= 0.6 is 11.3 Å². The fraction of sp³-hybridized carbons (Fsp3) is 0.118. The summed E-state index contributed by atoms with van der Waals surface area (Å²) in [5.41, 5.74) is 1.43. The van der Waals surface area contributed by atoms with Gasteiger partial charge in [0.2, 0.25) is 0 Å². The lowest BCUT2D eigenvalue weighted by Gasteiger charge is -1.99. The molecule has 0 bridgehead atoms. The Kier molecular flexibility index (Phi) is 3.12. The summed E-state index contributed by atoms with van der Waals surface area (Å²) in [6, 6.07) is 14.1. The molecule has 0 aliphatic carbocycles. The first-order chi connectivity index (χ1) is 11.1. The zero-order chi connectivity index (χ0) is 16.0. The number of rotatable bonds is 1. The lowest BCUT2D eigenvalue weighted by atomic mass is 10.1. The molecule has 2 heterocycles. The SMILES string of the molecule is Cn1ccc(C(=O)N=c2sc3c4ccccc4ccc3n2C)n1. The number of hydrogen-bond acceptors (Lipinski definition) is 3. The first kappa shape index (κ1) is 13.9. The Morgan fingerprint density at radius 2 is 1.96 bits per heavy atom. The maximum Gasteiger partial charge on any atom is 0.300 e. The molecule has 4 aromatic rings. The largest absolute Gasteiger partial charge is 0.319 e. The average molecular weight is 322 g/mol. The van der Waals surface area contributed by atoms with Crippen LogP contribution in [-0.4, -0.2) is 20.3 Å². The van der Waals surface area contributed by atoms with Gasteiger partial charge in [-0.2, -0.15) is 10.1 Å². The maximum absolute atomic E-state index is 12.3. The highest BCUT2D eigenvalue weighted by Gasteiger charge is 2.10. The molecule has 0 saturated heterocycles. The van der Waals surface area contributed by atoms with Gasteiger partial charge in [0.1, 0.15) is 0 Å². The summed E-state index contributed by atoms with van der Waals surface area (Å²) < 4.78 is 4.69. The third-order valence-electron chi connectivity index (χ3n) is 3.83. The summed E-state index contributed by atoms with van der Waals surface area (Å²) in [4.78, 5) is 17.2. The summed E-state index contributed by atoms with van der Waals surface area (Å²) in [6.07, 6.45) is 1.74. The first-order valence-corrected chi connectivity index (χ1v) is 8.01. The highest BCUT2D eigenvalue weighted by molar-refractivity contribution is 7.17. The standard InChI is InChI=1S/C17H14N4OS/c1-20-10-9-13(19-20)16(22)18-17-21(2)14-8-7-11-5-3-4-6-12(11)15(14)23-17/h3-10H,1-2H3. The van der Waals surface area contributed by atoms with Crippen molar-refractivity contribution in [3.05, 3.63) is 59.2 Å². The van der Waals surface area contributed by atoms with E-state index in [1.807, 2.05) is 23.7 Å². The zero-order valence-corrected chi connectivity index (χ0v) is 13.5. The van der Waals surface area contributed by atoms with Gasteiger partial charge in [0, 0.05) is 25.7 Å². The number of nitrogens with zero attached hydrogens (tertiary/aromatic N) is 4. The summed E-state index contributed by atoms with van der Waals surface area (Å²) in [5.74, 6) is -0.322. The van der Waals surface area contributed by atoms with Crippen molar-refractivity contribution in [1.29, 1.82) is 0 Å². The fourth-order valence-electron chi connectivity index (χ4n) is 2.64. The summed E-state index contributed by atoms with van der Waals surface area (Å²) in [6.45, 7) is 0. The van der Waals surface area contributed by atoms with E-state index in [9.17, 15) is 4.79 Å². The van der Waals surface area contributed by atoms with Gasteiger partial charge in [-0.1, -0.05) is 41.7 Å². The second kappa shape index (κ2) is 5.17. The van der Waals surface area contributed by atoms with Crippen LogP contribution in [0.15, 0.2) is 53.7 Å². The lowest BCUT2D eigenvalue weighted by molar-refractivity contribution is 0.0992. The van der Waals surface area contributed by atoms with Crippen LogP contribution in [0.4, 0.5) is 0 Å². The Hall–Kier alpha value is -2.73. The molecule has 0 saturated carbocycles. The van der Waals surface area contributed by atoms with Crippen LogP contribution < -0.4 is 4.80 Å². The quantitative estimate of drug-likeness (QED) is 0.541. The molecule has 0 aliphatic rings. The van der Waals surface area contributed by atoms with E-state index < -0.39 is 0 Å². The van der Waals surface area contributed by atoms with Crippen LogP contribution in [0.25, 0.3) is 21.0 Å². The molecule has 0 spiro atoms. The molecule has 5 nitrogen and oxygen atoms in total. The fourth-order valence-corrected chi connectivity index (χ4v) is 3.79. The predicted octanol–water partition coefficient (Wildman–Crippen LogP) is 2.87. The molecule has 0 fully saturated rings. The highest BCUT2D eigenvalue weighted by atomic mass is 32.1. The number of thiazole rings is 1. The molecule has 0 radical (unpaired) electrons. The Morgan fingerprint density at radius 3 is 2.74 bits per heavy atom. The van der Waals surface area contributed by atoms with Crippen molar-refractivity contribution in [3.63, 3.8) is 0 Å². The average Bonchev–Trinajstić information content (AvgIpc) is 3.12. The maximum atomic E-state index is 12.3. The molecule has 114 valence electrons. The van der Waals surface area contributed by atoms with Crippen LogP contribution in [0, 0.1) is 0 Å². The Bertz CT molecular complexity index is 1120. The van der Waals surface area contributed by atoms with Crippen molar-refractivity contribution < 1.29 is 4.79 Å². The minimum absolute atomic E-state index is 0.322. The van der Waals surface area contributed by atoms with Crippen molar-refractivity contribution in [2.45, 2.75) is 0 Å². The van der Waals surface area contributed by atoms with Gasteiger partial charge in [-0.15, -0.1) is 0 Å². The zero-order valence-electron chi connectivity index (χ0n) is 12.7.